The average Bonchev–Trinajstić information content (AvgIpc) is 2.28. The van der Waals surface area contributed by atoms with Crippen molar-refractivity contribution in [3.05, 3.63) is 0 Å². The predicted molar refractivity (Wildman–Crippen MR) is 53.1 cm³/mol. The normalized spacial score (nSPS) is 31.7. The number of nitrogens with one attached hydrogen (secondary N) is 1. The van der Waals surface area contributed by atoms with Gasteiger partial charge in [0.1, 0.15) is 0 Å². The van der Waals surface area contributed by atoms with Crippen LogP contribution < -0.4 is 5.32 Å². The standard InChI is InChI=1S/C10H16N2O3/c1-15-10(14)7-2-3-8-9(13)11-4-5-12(8)6-7/h7-8H,2-6H2,1H3,(H,11,13)/t7-,8-/m0/s1. The number of carbonyl (C=O) groups excluding carboxylic acids is 2. The van der Waals surface area contributed by atoms with Crippen molar-refractivity contribution < 1.29 is 14.3 Å². The van der Waals surface area contributed by atoms with Crippen LogP contribution in [0.3, 0.4) is 0 Å². The Hall–Kier alpha value is -1.10. The number of ether oxygens (including phenoxy) is 1. The zero-order chi connectivity index (χ0) is 10.8. The Morgan fingerprint density at radius 2 is 2.33 bits per heavy atom. The maximum absolute atomic E-state index is 11.5. The molecule has 2 rings (SSSR count). The zero-order valence-corrected chi connectivity index (χ0v) is 8.86. The first-order valence-electron chi connectivity index (χ1n) is 5.32. The Bertz CT molecular complexity index is 280. The van der Waals surface area contributed by atoms with E-state index in [0.717, 1.165) is 19.4 Å². The lowest BCUT2D eigenvalue weighted by atomic mass is 9.91. The molecule has 2 saturated heterocycles. The Morgan fingerprint density at radius 1 is 1.53 bits per heavy atom. The molecule has 5 heteroatoms. The van der Waals surface area contributed by atoms with Crippen LogP contribution in [0.25, 0.3) is 0 Å². The third-order valence-corrected chi connectivity index (χ3v) is 3.22. The van der Waals surface area contributed by atoms with E-state index in [0.29, 0.717) is 13.1 Å². The highest BCUT2D eigenvalue weighted by atomic mass is 16.5. The van der Waals surface area contributed by atoms with E-state index in [4.69, 9.17) is 4.74 Å². The number of rotatable bonds is 1. The fraction of sp³-hybridized carbons (Fsp3) is 0.800. The predicted octanol–water partition coefficient (Wildman–Crippen LogP) is -0.630. The second-order valence-electron chi connectivity index (χ2n) is 4.10. The molecule has 2 aliphatic heterocycles. The fourth-order valence-electron chi connectivity index (χ4n) is 2.39. The maximum atomic E-state index is 11.5. The highest BCUT2D eigenvalue weighted by molar-refractivity contribution is 5.83. The lowest BCUT2D eigenvalue weighted by Crippen LogP contribution is -2.59. The summed E-state index contributed by atoms with van der Waals surface area (Å²) < 4.78 is 4.73. The molecular formula is C10H16N2O3. The van der Waals surface area contributed by atoms with Gasteiger partial charge in [0.2, 0.25) is 5.91 Å². The lowest BCUT2D eigenvalue weighted by Gasteiger charge is -2.40. The van der Waals surface area contributed by atoms with E-state index in [1.165, 1.54) is 7.11 Å². The highest BCUT2D eigenvalue weighted by Gasteiger charge is 2.37. The van der Waals surface area contributed by atoms with Crippen molar-refractivity contribution in [1.82, 2.24) is 10.2 Å². The van der Waals surface area contributed by atoms with Crippen molar-refractivity contribution in [2.45, 2.75) is 18.9 Å². The van der Waals surface area contributed by atoms with E-state index in [1.54, 1.807) is 0 Å². The van der Waals surface area contributed by atoms with Crippen LogP contribution in [0.4, 0.5) is 0 Å². The van der Waals surface area contributed by atoms with E-state index in [-0.39, 0.29) is 23.8 Å². The summed E-state index contributed by atoms with van der Waals surface area (Å²) in [5, 5.41) is 2.84. The molecule has 0 radical (unpaired) electrons. The molecule has 0 spiro atoms. The average molecular weight is 212 g/mol. The number of fused-ring (bicyclic) bond motifs is 1. The van der Waals surface area contributed by atoms with Crippen molar-refractivity contribution in [2.75, 3.05) is 26.7 Å². The molecule has 5 nitrogen and oxygen atoms in total. The number of nitrogens with zero attached hydrogens (tertiary/aromatic N) is 1. The van der Waals surface area contributed by atoms with E-state index < -0.39 is 0 Å². The summed E-state index contributed by atoms with van der Waals surface area (Å²) in [4.78, 5) is 25.0. The molecule has 0 unspecified atom stereocenters. The summed E-state index contributed by atoms with van der Waals surface area (Å²) in [7, 11) is 1.41. The first kappa shape index (κ1) is 10.4. The first-order chi connectivity index (χ1) is 7.22. The summed E-state index contributed by atoms with van der Waals surface area (Å²) in [5.74, 6) is -0.110. The van der Waals surface area contributed by atoms with Gasteiger partial charge < -0.3 is 10.1 Å². The van der Waals surface area contributed by atoms with Crippen LogP contribution in [0, 0.1) is 5.92 Å². The van der Waals surface area contributed by atoms with Crippen LogP contribution in [0.5, 0.6) is 0 Å². The Kier molecular flexibility index (Phi) is 2.90. The number of esters is 1. The molecule has 2 aliphatic rings. The summed E-state index contributed by atoms with van der Waals surface area (Å²) in [6, 6.07) is -0.0281. The Balaban J connectivity index is 1.99. The molecule has 1 N–H and O–H groups in total. The molecule has 84 valence electrons. The minimum atomic E-state index is -0.153. The fourth-order valence-corrected chi connectivity index (χ4v) is 2.39. The summed E-state index contributed by atoms with van der Waals surface area (Å²) >= 11 is 0. The third kappa shape index (κ3) is 1.97. The van der Waals surface area contributed by atoms with Gasteiger partial charge in [-0.15, -0.1) is 0 Å². The van der Waals surface area contributed by atoms with Gasteiger partial charge in [-0.25, -0.2) is 0 Å². The second-order valence-corrected chi connectivity index (χ2v) is 4.10. The van der Waals surface area contributed by atoms with Crippen molar-refractivity contribution in [2.24, 2.45) is 5.92 Å². The van der Waals surface area contributed by atoms with Gasteiger partial charge >= 0.3 is 5.97 Å². The number of carbonyl (C=O) groups is 2. The van der Waals surface area contributed by atoms with Gasteiger partial charge in [-0.05, 0) is 12.8 Å². The smallest absolute Gasteiger partial charge is 0.309 e. The molecule has 0 aromatic carbocycles. The van der Waals surface area contributed by atoms with Crippen molar-refractivity contribution >= 4 is 11.9 Å². The molecule has 2 heterocycles. The Morgan fingerprint density at radius 3 is 3.07 bits per heavy atom. The summed E-state index contributed by atoms with van der Waals surface area (Å²) in [6.07, 6.45) is 1.51. The van der Waals surface area contributed by atoms with Crippen molar-refractivity contribution in [1.29, 1.82) is 0 Å². The van der Waals surface area contributed by atoms with Gasteiger partial charge in [0, 0.05) is 19.6 Å². The van der Waals surface area contributed by atoms with Gasteiger partial charge in [0.25, 0.3) is 0 Å². The molecule has 0 aliphatic carbocycles. The number of piperazine rings is 1. The van der Waals surface area contributed by atoms with E-state index >= 15 is 0 Å². The molecular weight excluding hydrogens is 196 g/mol. The highest BCUT2D eigenvalue weighted by Crippen LogP contribution is 2.24. The van der Waals surface area contributed by atoms with Crippen LogP contribution in [0.1, 0.15) is 12.8 Å². The SMILES string of the molecule is COC(=O)[C@H]1CC[C@H]2C(=O)NCCN2C1. The van der Waals surface area contributed by atoms with Crippen molar-refractivity contribution in [3.8, 4) is 0 Å². The molecule has 2 atom stereocenters. The Labute approximate surface area is 88.8 Å². The van der Waals surface area contributed by atoms with Gasteiger partial charge in [0.05, 0.1) is 19.1 Å². The number of amides is 1. The third-order valence-electron chi connectivity index (χ3n) is 3.22. The minimum absolute atomic E-state index is 0.0281. The summed E-state index contributed by atoms with van der Waals surface area (Å²) in [6.45, 7) is 2.18. The maximum Gasteiger partial charge on any atom is 0.309 e. The monoisotopic (exact) mass is 212 g/mol. The van der Waals surface area contributed by atoms with Crippen LogP contribution >= 0.6 is 0 Å². The van der Waals surface area contributed by atoms with Crippen LogP contribution in [-0.2, 0) is 14.3 Å². The molecule has 0 bridgehead atoms. The molecule has 1 amide bonds. The first-order valence-corrected chi connectivity index (χ1v) is 5.32. The van der Waals surface area contributed by atoms with E-state index in [2.05, 4.69) is 10.2 Å². The number of hydrogen-bond donors (Lipinski definition) is 1. The second kappa shape index (κ2) is 4.18. The van der Waals surface area contributed by atoms with E-state index in [1.807, 2.05) is 0 Å². The lowest BCUT2D eigenvalue weighted by molar-refractivity contribution is -0.150. The van der Waals surface area contributed by atoms with Gasteiger partial charge in [-0.1, -0.05) is 0 Å². The topological polar surface area (TPSA) is 58.6 Å². The van der Waals surface area contributed by atoms with Crippen LogP contribution in [-0.4, -0.2) is 49.6 Å². The van der Waals surface area contributed by atoms with Gasteiger partial charge in [-0.2, -0.15) is 0 Å². The summed E-state index contributed by atoms with van der Waals surface area (Å²) in [5.41, 5.74) is 0. The molecule has 2 fully saturated rings. The number of methoxy groups -OCH3 is 1. The zero-order valence-electron chi connectivity index (χ0n) is 8.86. The molecule has 0 saturated carbocycles. The van der Waals surface area contributed by atoms with Gasteiger partial charge in [0.15, 0.2) is 0 Å². The molecule has 15 heavy (non-hydrogen) atoms. The molecule has 0 aromatic rings. The number of hydrogen-bond acceptors (Lipinski definition) is 4. The van der Waals surface area contributed by atoms with E-state index in [9.17, 15) is 9.59 Å². The van der Waals surface area contributed by atoms with Gasteiger partial charge in [-0.3, -0.25) is 14.5 Å². The minimum Gasteiger partial charge on any atom is -0.469 e. The largest absolute Gasteiger partial charge is 0.469 e. The quantitative estimate of drug-likeness (QED) is 0.588. The van der Waals surface area contributed by atoms with Crippen molar-refractivity contribution in [3.63, 3.8) is 0 Å². The molecule has 0 aromatic heterocycles. The van der Waals surface area contributed by atoms with Crippen LogP contribution in [0.15, 0.2) is 0 Å². The van der Waals surface area contributed by atoms with Crippen LogP contribution in [0.2, 0.25) is 0 Å². The number of piperidine rings is 1.